The van der Waals surface area contributed by atoms with E-state index in [4.69, 9.17) is 11.5 Å². The number of unbranched alkanes of at least 4 members (excludes halogenated alkanes) is 5. The predicted molar refractivity (Wildman–Crippen MR) is 72.3 cm³/mol. The molecule has 1 aromatic rings. The van der Waals surface area contributed by atoms with Crippen molar-refractivity contribution in [3.05, 3.63) is 23.8 Å². The van der Waals surface area contributed by atoms with Crippen LogP contribution >= 0.6 is 0 Å². The molecule has 1 rings (SSSR count). The van der Waals surface area contributed by atoms with Gasteiger partial charge in [-0.3, -0.25) is 0 Å². The van der Waals surface area contributed by atoms with E-state index in [1.807, 2.05) is 18.2 Å². The number of anilines is 2. The van der Waals surface area contributed by atoms with Crippen LogP contribution < -0.4 is 11.5 Å². The Balaban J connectivity index is 2.21. The first kappa shape index (κ1) is 12.9. The quantitative estimate of drug-likeness (QED) is 0.543. The molecule has 0 fully saturated rings. The Hall–Kier alpha value is -1.18. The Bertz CT molecular complexity index is 287. The summed E-state index contributed by atoms with van der Waals surface area (Å²) in [5.41, 5.74) is 14.3. The number of rotatable bonds is 7. The summed E-state index contributed by atoms with van der Waals surface area (Å²) in [5.74, 6) is 0. The van der Waals surface area contributed by atoms with Gasteiger partial charge in [0.2, 0.25) is 0 Å². The molecule has 0 saturated heterocycles. The van der Waals surface area contributed by atoms with E-state index in [1.54, 1.807) is 0 Å². The first-order valence-corrected chi connectivity index (χ1v) is 6.37. The van der Waals surface area contributed by atoms with Gasteiger partial charge in [0.1, 0.15) is 0 Å². The van der Waals surface area contributed by atoms with Crippen LogP contribution in [0.4, 0.5) is 11.4 Å². The Kier molecular flexibility index (Phi) is 5.76. The van der Waals surface area contributed by atoms with Gasteiger partial charge >= 0.3 is 0 Å². The summed E-state index contributed by atoms with van der Waals surface area (Å²) >= 11 is 0. The highest BCUT2D eigenvalue weighted by molar-refractivity contribution is 5.54. The van der Waals surface area contributed by atoms with E-state index in [0.29, 0.717) is 0 Å². The molecule has 0 aliphatic heterocycles. The highest BCUT2D eigenvalue weighted by Gasteiger charge is 1.97. The number of benzene rings is 1. The minimum Gasteiger partial charge on any atom is -0.399 e. The third-order valence-electron chi connectivity index (χ3n) is 2.86. The Morgan fingerprint density at radius 1 is 0.812 bits per heavy atom. The second-order valence-corrected chi connectivity index (χ2v) is 4.53. The van der Waals surface area contributed by atoms with Crippen LogP contribution in [0.25, 0.3) is 0 Å². The van der Waals surface area contributed by atoms with E-state index in [9.17, 15) is 0 Å². The van der Waals surface area contributed by atoms with Crippen molar-refractivity contribution in [2.45, 2.75) is 51.9 Å². The molecular weight excluding hydrogens is 196 g/mol. The minimum atomic E-state index is 0.779. The van der Waals surface area contributed by atoms with E-state index < -0.39 is 0 Å². The van der Waals surface area contributed by atoms with E-state index in [2.05, 4.69) is 6.92 Å². The Morgan fingerprint density at radius 2 is 1.38 bits per heavy atom. The third kappa shape index (κ3) is 5.06. The average Bonchev–Trinajstić information content (AvgIpc) is 2.22. The Morgan fingerprint density at radius 3 is 2.00 bits per heavy atom. The summed E-state index contributed by atoms with van der Waals surface area (Å²) in [7, 11) is 0. The van der Waals surface area contributed by atoms with Crippen molar-refractivity contribution in [3.8, 4) is 0 Å². The fraction of sp³-hybridized carbons (Fsp3) is 0.571. The first-order chi connectivity index (χ1) is 7.72. The zero-order valence-corrected chi connectivity index (χ0v) is 10.3. The second-order valence-electron chi connectivity index (χ2n) is 4.53. The van der Waals surface area contributed by atoms with Crippen LogP contribution in [0.15, 0.2) is 18.2 Å². The SMILES string of the molecule is CCCCCCCCc1cc(N)cc(N)c1. The number of hydrogen-bond acceptors (Lipinski definition) is 2. The number of aryl methyl sites for hydroxylation is 1. The van der Waals surface area contributed by atoms with Gasteiger partial charge in [-0.25, -0.2) is 0 Å². The van der Waals surface area contributed by atoms with E-state index in [-0.39, 0.29) is 0 Å². The molecule has 2 heteroatoms. The lowest BCUT2D eigenvalue weighted by Crippen LogP contribution is -1.94. The average molecular weight is 220 g/mol. The summed E-state index contributed by atoms with van der Waals surface area (Å²) in [6.07, 6.45) is 9.06. The van der Waals surface area contributed by atoms with E-state index in [1.165, 1.54) is 44.1 Å². The summed E-state index contributed by atoms with van der Waals surface area (Å²) in [4.78, 5) is 0. The molecule has 4 N–H and O–H groups in total. The monoisotopic (exact) mass is 220 g/mol. The van der Waals surface area contributed by atoms with Crippen molar-refractivity contribution in [2.75, 3.05) is 11.5 Å². The number of nitrogen functional groups attached to an aromatic ring is 2. The molecule has 1 aromatic carbocycles. The largest absolute Gasteiger partial charge is 0.399 e. The normalized spacial score (nSPS) is 10.6. The lowest BCUT2D eigenvalue weighted by atomic mass is 10.0. The van der Waals surface area contributed by atoms with Gasteiger partial charge in [-0.15, -0.1) is 0 Å². The minimum absolute atomic E-state index is 0.779. The van der Waals surface area contributed by atoms with Crippen molar-refractivity contribution in [2.24, 2.45) is 0 Å². The van der Waals surface area contributed by atoms with E-state index in [0.717, 1.165) is 17.8 Å². The maximum absolute atomic E-state index is 5.75. The van der Waals surface area contributed by atoms with Gasteiger partial charge in [0.05, 0.1) is 0 Å². The highest BCUT2D eigenvalue weighted by atomic mass is 14.6. The fourth-order valence-corrected chi connectivity index (χ4v) is 2.00. The van der Waals surface area contributed by atoms with Crippen LogP contribution in [0, 0.1) is 0 Å². The zero-order valence-electron chi connectivity index (χ0n) is 10.3. The molecule has 0 aromatic heterocycles. The Labute approximate surface area is 99.0 Å². The van der Waals surface area contributed by atoms with Gasteiger partial charge in [0, 0.05) is 11.4 Å². The maximum Gasteiger partial charge on any atom is 0.0337 e. The molecule has 0 unspecified atom stereocenters. The van der Waals surface area contributed by atoms with Gasteiger partial charge in [-0.2, -0.15) is 0 Å². The van der Waals surface area contributed by atoms with Crippen LogP contribution in [0.3, 0.4) is 0 Å². The van der Waals surface area contributed by atoms with Crippen LogP contribution in [0.5, 0.6) is 0 Å². The maximum atomic E-state index is 5.75. The summed E-state index contributed by atoms with van der Waals surface area (Å²) < 4.78 is 0. The van der Waals surface area contributed by atoms with Crippen LogP contribution in [-0.2, 0) is 6.42 Å². The van der Waals surface area contributed by atoms with Crippen molar-refractivity contribution in [1.29, 1.82) is 0 Å². The van der Waals surface area contributed by atoms with Crippen molar-refractivity contribution < 1.29 is 0 Å². The highest BCUT2D eigenvalue weighted by Crippen LogP contribution is 2.16. The molecule has 0 spiro atoms. The van der Waals surface area contributed by atoms with Crippen molar-refractivity contribution >= 4 is 11.4 Å². The van der Waals surface area contributed by atoms with Gasteiger partial charge in [0.25, 0.3) is 0 Å². The molecule has 0 aliphatic carbocycles. The molecule has 0 saturated carbocycles. The second kappa shape index (κ2) is 7.15. The van der Waals surface area contributed by atoms with E-state index >= 15 is 0 Å². The molecule has 0 heterocycles. The first-order valence-electron chi connectivity index (χ1n) is 6.37. The number of nitrogens with two attached hydrogens (primary N) is 2. The smallest absolute Gasteiger partial charge is 0.0337 e. The molecule has 0 aliphatic rings. The van der Waals surface area contributed by atoms with Gasteiger partial charge in [-0.1, -0.05) is 39.0 Å². The molecule has 0 radical (unpaired) electrons. The number of hydrogen-bond donors (Lipinski definition) is 2. The predicted octanol–water partition coefficient (Wildman–Crippen LogP) is 3.75. The lowest BCUT2D eigenvalue weighted by Gasteiger charge is -2.04. The van der Waals surface area contributed by atoms with Crippen LogP contribution in [0.1, 0.15) is 51.0 Å². The van der Waals surface area contributed by atoms with Crippen LogP contribution in [-0.4, -0.2) is 0 Å². The molecule has 2 nitrogen and oxygen atoms in total. The summed E-state index contributed by atoms with van der Waals surface area (Å²) in [6.45, 7) is 2.25. The van der Waals surface area contributed by atoms with Gasteiger partial charge < -0.3 is 11.5 Å². The van der Waals surface area contributed by atoms with Crippen LogP contribution in [0.2, 0.25) is 0 Å². The molecule has 0 atom stereocenters. The van der Waals surface area contributed by atoms with Gasteiger partial charge in [0.15, 0.2) is 0 Å². The van der Waals surface area contributed by atoms with Gasteiger partial charge in [-0.05, 0) is 36.6 Å². The summed E-state index contributed by atoms with van der Waals surface area (Å²) in [6, 6.07) is 5.87. The third-order valence-corrected chi connectivity index (χ3v) is 2.86. The molecule has 0 amide bonds. The van der Waals surface area contributed by atoms with Crippen molar-refractivity contribution in [3.63, 3.8) is 0 Å². The molecule has 90 valence electrons. The standard InChI is InChI=1S/C14H24N2/c1-2-3-4-5-6-7-8-12-9-13(15)11-14(16)10-12/h9-11H,2-8,15-16H2,1H3. The van der Waals surface area contributed by atoms with Crippen molar-refractivity contribution in [1.82, 2.24) is 0 Å². The zero-order chi connectivity index (χ0) is 11.8. The molecular formula is C14H24N2. The topological polar surface area (TPSA) is 52.0 Å². The molecule has 16 heavy (non-hydrogen) atoms. The fourth-order valence-electron chi connectivity index (χ4n) is 2.00. The molecule has 0 bridgehead atoms. The lowest BCUT2D eigenvalue weighted by molar-refractivity contribution is 0.607. The summed E-state index contributed by atoms with van der Waals surface area (Å²) in [5, 5.41) is 0.